The lowest BCUT2D eigenvalue weighted by Crippen LogP contribution is -2.21. The van der Waals surface area contributed by atoms with Crippen molar-refractivity contribution in [2.24, 2.45) is 5.92 Å². The molecule has 31 heavy (non-hydrogen) atoms. The molecule has 0 atom stereocenters. The maximum absolute atomic E-state index is 12.7. The Hall–Kier alpha value is -1.76. The average Bonchev–Trinajstić information content (AvgIpc) is 3.13. The Bertz CT molecular complexity index is 1110. The van der Waals surface area contributed by atoms with Crippen molar-refractivity contribution in [3.63, 3.8) is 0 Å². The fourth-order valence-corrected chi connectivity index (χ4v) is 5.57. The van der Waals surface area contributed by atoms with Gasteiger partial charge in [0.15, 0.2) is 5.16 Å². The first kappa shape index (κ1) is 22.4. The van der Waals surface area contributed by atoms with Crippen LogP contribution >= 0.6 is 35.0 Å². The van der Waals surface area contributed by atoms with Crippen LogP contribution in [0.15, 0.2) is 34.2 Å². The van der Waals surface area contributed by atoms with Gasteiger partial charge in [-0.1, -0.05) is 86.1 Å². The minimum atomic E-state index is -0.0291. The van der Waals surface area contributed by atoms with Crippen molar-refractivity contribution < 1.29 is 0 Å². The van der Waals surface area contributed by atoms with Crippen molar-refractivity contribution in [3.05, 3.63) is 61.6 Å². The van der Waals surface area contributed by atoms with Crippen molar-refractivity contribution in [2.45, 2.75) is 62.8 Å². The van der Waals surface area contributed by atoms with Crippen LogP contribution in [0.3, 0.4) is 0 Å². The molecule has 0 spiro atoms. The molecule has 1 aromatic carbocycles. The summed E-state index contributed by atoms with van der Waals surface area (Å²) in [4.78, 5) is 20.4. The van der Waals surface area contributed by atoms with Crippen LogP contribution in [-0.2, 0) is 18.6 Å². The second-order valence-electron chi connectivity index (χ2n) is 8.02. The molecular weight excluding hydrogens is 451 g/mol. The topological polar surface area (TPSA) is 74.4 Å². The van der Waals surface area contributed by atoms with Crippen LogP contribution in [0.25, 0.3) is 11.3 Å². The zero-order valence-electron chi connectivity index (χ0n) is 17.5. The number of rotatable bonds is 7. The molecule has 1 saturated carbocycles. The third-order valence-electron chi connectivity index (χ3n) is 5.87. The van der Waals surface area contributed by atoms with E-state index in [1.807, 2.05) is 31.2 Å². The van der Waals surface area contributed by atoms with Gasteiger partial charge in [-0.2, -0.15) is 5.10 Å². The van der Waals surface area contributed by atoms with Crippen LogP contribution in [0.2, 0.25) is 10.0 Å². The maximum Gasteiger partial charge on any atom is 0.254 e. The van der Waals surface area contributed by atoms with Crippen molar-refractivity contribution >= 4 is 35.0 Å². The smallest absolute Gasteiger partial charge is 0.254 e. The third-order valence-corrected chi connectivity index (χ3v) is 7.40. The molecule has 1 aliphatic rings. The number of halogens is 2. The summed E-state index contributed by atoms with van der Waals surface area (Å²) >= 11 is 14.1. The van der Waals surface area contributed by atoms with E-state index in [-0.39, 0.29) is 5.56 Å². The molecule has 0 aliphatic heterocycles. The quantitative estimate of drug-likeness (QED) is 0.303. The van der Waals surface area contributed by atoms with Crippen LogP contribution in [0.4, 0.5) is 0 Å². The van der Waals surface area contributed by atoms with Gasteiger partial charge >= 0.3 is 0 Å². The Kier molecular flexibility index (Phi) is 7.41. The maximum atomic E-state index is 12.7. The Morgan fingerprint density at radius 1 is 1.16 bits per heavy atom. The standard InChI is InChI=1S/C23H26Cl2N4OS/c1-2-17-18(11-14-7-4-3-5-8-14)26-23(27-22(17)30)31-13-19-20(25)21(29-28-19)15-9-6-10-16(24)12-15/h6,9-10,12,14H,2-5,7-8,11,13H2,1H3,(H,28,29)(H,26,27,30). The molecule has 8 heteroatoms. The highest BCUT2D eigenvalue weighted by Crippen LogP contribution is 2.33. The number of aromatic amines is 2. The summed E-state index contributed by atoms with van der Waals surface area (Å²) in [6, 6.07) is 7.47. The highest BCUT2D eigenvalue weighted by Gasteiger charge is 2.19. The van der Waals surface area contributed by atoms with Gasteiger partial charge in [-0.15, -0.1) is 0 Å². The second kappa shape index (κ2) is 10.2. The predicted molar refractivity (Wildman–Crippen MR) is 128 cm³/mol. The second-order valence-corrected chi connectivity index (χ2v) is 9.79. The summed E-state index contributed by atoms with van der Waals surface area (Å²) in [5.41, 5.74) is 4.08. The monoisotopic (exact) mass is 476 g/mol. The van der Waals surface area contributed by atoms with Crippen LogP contribution in [0.5, 0.6) is 0 Å². The molecule has 0 radical (unpaired) electrons. The lowest BCUT2D eigenvalue weighted by Gasteiger charge is -2.22. The van der Waals surface area contributed by atoms with Gasteiger partial charge in [0.25, 0.3) is 5.56 Å². The van der Waals surface area contributed by atoms with Gasteiger partial charge in [0, 0.05) is 21.9 Å². The largest absolute Gasteiger partial charge is 0.301 e. The fraction of sp³-hybridized carbons (Fsp3) is 0.435. The van der Waals surface area contributed by atoms with Crippen LogP contribution < -0.4 is 5.56 Å². The van der Waals surface area contributed by atoms with E-state index in [1.165, 1.54) is 43.9 Å². The first-order valence-electron chi connectivity index (χ1n) is 10.8. The van der Waals surface area contributed by atoms with E-state index >= 15 is 0 Å². The predicted octanol–water partition coefficient (Wildman–Crippen LogP) is 6.44. The Morgan fingerprint density at radius 3 is 2.71 bits per heavy atom. The zero-order valence-corrected chi connectivity index (χ0v) is 19.8. The number of nitrogens with zero attached hydrogens (tertiary/aromatic N) is 2. The van der Waals surface area contributed by atoms with Gasteiger partial charge in [-0.3, -0.25) is 9.89 Å². The minimum absolute atomic E-state index is 0.0291. The van der Waals surface area contributed by atoms with Crippen molar-refractivity contribution in [3.8, 4) is 11.3 Å². The van der Waals surface area contributed by atoms with E-state index in [2.05, 4.69) is 15.2 Å². The first-order valence-corrected chi connectivity index (χ1v) is 12.5. The third kappa shape index (κ3) is 5.36. The lowest BCUT2D eigenvalue weighted by atomic mass is 9.85. The summed E-state index contributed by atoms with van der Waals surface area (Å²) in [7, 11) is 0. The van der Waals surface area contributed by atoms with Crippen LogP contribution in [0, 0.1) is 5.92 Å². The van der Waals surface area contributed by atoms with E-state index in [0.717, 1.165) is 34.6 Å². The number of hydrogen-bond donors (Lipinski definition) is 2. The molecule has 164 valence electrons. The molecular formula is C23H26Cl2N4OS. The van der Waals surface area contributed by atoms with Crippen molar-refractivity contribution in [1.82, 2.24) is 20.2 Å². The molecule has 0 saturated heterocycles. The molecule has 2 N–H and O–H groups in total. The number of thioether (sulfide) groups is 1. The fourth-order valence-electron chi connectivity index (χ4n) is 4.22. The van der Waals surface area contributed by atoms with Gasteiger partial charge in [0.2, 0.25) is 0 Å². The van der Waals surface area contributed by atoms with Crippen molar-refractivity contribution in [2.75, 3.05) is 0 Å². The number of nitrogens with one attached hydrogen (secondary N) is 2. The normalized spacial score (nSPS) is 14.8. The van der Waals surface area contributed by atoms with Gasteiger partial charge < -0.3 is 4.98 Å². The summed E-state index contributed by atoms with van der Waals surface area (Å²) in [5, 5.41) is 9.19. The average molecular weight is 477 g/mol. The number of aromatic nitrogens is 4. The van der Waals surface area contributed by atoms with Gasteiger partial charge in [-0.25, -0.2) is 4.98 Å². The summed E-state index contributed by atoms with van der Waals surface area (Å²) in [5.74, 6) is 1.14. The zero-order chi connectivity index (χ0) is 21.8. The molecule has 3 aromatic rings. The Labute approximate surface area is 196 Å². The first-order chi connectivity index (χ1) is 15.0. The van der Waals surface area contributed by atoms with Crippen molar-refractivity contribution in [1.29, 1.82) is 0 Å². The summed E-state index contributed by atoms with van der Waals surface area (Å²) in [6.45, 7) is 2.02. The molecule has 5 nitrogen and oxygen atoms in total. The number of hydrogen-bond acceptors (Lipinski definition) is 4. The summed E-state index contributed by atoms with van der Waals surface area (Å²) in [6.07, 6.45) is 7.94. The summed E-state index contributed by atoms with van der Waals surface area (Å²) < 4.78 is 0. The van der Waals surface area contributed by atoms with Gasteiger partial charge in [0.1, 0.15) is 0 Å². The highest BCUT2D eigenvalue weighted by molar-refractivity contribution is 7.98. The molecule has 0 bridgehead atoms. The van der Waals surface area contributed by atoms with Gasteiger partial charge in [0.05, 0.1) is 22.1 Å². The van der Waals surface area contributed by atoms with E-state index in [4.69, 9.17) is 28.2 Å². The van der Waals surface area contributed by atoms with E-state index in [0.29, 0.717) is 33.3 Å². The molecule has 2 heterocycles. The van der Waals surface area contributed by atoms with Gasteiger partial charge in [-0.05, 0) is 30.9 Å². The lowest BCUT2D eigenvalue weighted by molar-refractivity contribution is 0.352. The van der Waals surface area contributed by atoms with Crippen LogP contribution in [0.1, 0.15) is 56.0 Å². The minimum Gasteiger partial charge on any atom is -0.301 e. The number of H-pyrrole nitrogens is 2. The molecule has 4 rings (SSSR count). The molecule has 0 unspecified atom stereocenters. The Balaban J connectivity index is 1.51. The molecule has 1 fully saturated rings. The Morgan fingerprint density at radius 2 is 1.97 bits per heavy atom. The number of benzene rings is 1. The molecule has 1 aliphatic carbocycles. The SMILES string of the molecule is CCc1c(CC2CCCCC2)nc(SCc2n[nH]c(-c3cccc(Cl)c3)c2Cl)[nH]c1=O. The molecule has 0 amide bonds. The molecule has 2 aromatic heterocycles. The highest BCUT2D eigenvalue weighted by atomic mass is 35.5. The van der Waals surface area contributed by atoms with E-state index < -0.39 is 0 Å². The van der Waals surface area contributed by atoms with Crippen LogP contribution in [-0.4, -0.2) is 20.2 Å². The van der Waals surface area contributed by atoms with E-state index in [1.54, 1.807) is 0 Å². The van der Waals surface area contributed by atoms with E-state index in [9.17, 15) is 4.79 Å².